The topological polar surface area (TPSA) is 42.0 Å². The number of carbonyl (C=O) groups excluding carboxylic acids is 1. The van der Waals surface area contributed by atoms with E-state index in [9.17, 15) is 18.0 Å². The Morgan fingerprint density at radius 2 is 1.86 bits per heavy atom. The number of aromatic nitrogens is 1. The lowest BCUT2D eigenvalue weighted by Gasteiger charge is -2.26. The summed E-state index contributed by atoms with van der Waals surface area (Å²) in [5.41, 5.74) is -0.117. The van der Waals surface area contributed by atoms with Gasteiger partial charge in [-0.2, -0.15) is 13.2 Å². The number of amides is 1. The molecule has 28 heavy (non-hydrogen) atoms. The summed E-state index contributed by atoms with van der Waals surface area (Å²) in [5.74, 6) is -0.205. The van der Waals surface area contributed by atoms with Gasteiger partial charge in [-0.1, -0.05) is 38.1 Å². The third kappa shape index (κ3) is 4.99. The smallest absolute Gasteiger partial charge is 0.355 e. The first-order chi connectivity index (χ1) is 13.1. The largest absolute Gasteiger partial charge is 0.416 e. The van der Waals surface area contributed by atoms with E-state index >= 15 is 0 Å². The van der Waals surface area contributed by atoms with E-state index < -0.39 is 17.2 Å². The van der Waals surface area contributed by atoms with Crippen molar-refractivity contribution in [3.63, 3.8) is 0 Å². The predicted molar refractivity (Wildman–Crippen MR) is 107 cm³/mol. The molecule has 2 aromatic heterocycles. The molecule has 3 aromatic rings. The van der Waals surface area contributed by atoms with Crippen LogP contribution in [0.3, 0.4) is 0 Å². The molecule has 3 rings (SSSR count). The Labute approximate surface area is 169 Å². The van der Waals surface area contributed by atoms with Crippen LogP contribution < -0.4 is 5.32 Å². The van der Waals surface area contributed by atoms with Crippen LogP contribution in [0, 0.1) is 0 Å². The highest BCUT2D eigenvalue weighted by Gasteiger charge is 2.32. The second-order valence-electron chi connectivity index (χ2n) is 7.04. The molecule has 0 aliphatic rings. The molecule has 0 unspecified atom stereocenters. The Bertz CT molecular complexity index is 947. The summed E-state index contributed by atoms with van der Waals surface area (Å²) in [7, 11) is 0. The first kappa shape index (κ1) is 20.5. The van der Waals surface area contributed by atoms with E-state index in [1.54, 1.807) is 31.3 Å². The van der Waals surface area contributed by atoms with Crippen molar-refractivity contribution in [1.82, 2.24) is 10.3 Å². The molecule has 0 radical (unpaired) electrons. The maximum absolute atomic E-state index is 12.9. The molecule has 0 aliphatic carbocycles. The van der Waals surface area contributed by atoms with Crippen LogP contribution in [-0.4, -0.2) is 17.4 Å². The number of thiophene rings is 1. The number of hydrogen-bond donors (Lipinski definition) is 1. The van der Waals surface area contributed by atoms with Crippen LogP contribution in [-0.2, 0) is 22.8 Å². The van der Waals surface area contributed by atoms with Gasteiger partial charge in [-0.15, -0.1) is 22.7 Å². The molecule has 0 spiro atoms. The summed E-state index contributed by atoms with van der Waals surface area (Å²) in [5, 5.41) is 7.52. The first-order valence-corrected chi connectivity index (χ1v) is 10.3. The van der Waals surface area contributed by atoms with Gasteiger partial charge in [0, 0.05) is 17.3 Å². The molecule has 0 fully saturated rings. The van der Waals surface area contributed by atoms with Crippen LogP contribution in [0.15, 0.2) is 47.2 Å². The van der Waals surface area contributed by atoms with Gasteiger partial charge in [0.05, 0.1) is 22.6 Å². The average molecular weight is 425 g/mol. The highest BCUT2D eigenvalue weighted by atomic mass is 32.1. The fraction of sp³-hybridized carbons (Fsp3) is 0.300. The van der Waals surface area contributed by atoms with E-state index in [0.29, 0.717) is 11.3 Å². The molecule has 0 saturated carbocycles. The average Bonchev–Trinajstić information content (AvgIpc) is 3.31. The van der Waals surface area contributed by atoms with Gasteiger partial charge in [0.1, 0.15) is 5.01 Å². The standard InChI is InChI=1S/C20H19F3N2OS2/c1-19(2,13-5-3-6-14(9-13)20(21,22)23)12-24-17(26)10-15-11-28-18(25-15)16-7-4-8-27-16/h3-9,11H,10,12H2,1-2H3,(H,24,26). The Morgan fingerprint density at radius 3 is 2.54 bits per heavy atom. The number of hydrogen-bond acceptors (Lipinski definition) is 4. The number of nitrogens with one attached hydrogen (secondary N) is 1. The number of nitrogens with zero attached hydrogens (tertiary/aromatic N) is 1. The molecule has 2 heterocycles. The highest BCUT2D eigenvalue weighted by Crippen LogP contribution is 2.32. The van der Waals surface area contributed by atoms with Crippen molar-refractivity contribution >= 4 is 28.6 Å². The molecule has 1 amide bonds. The monoisotopic (exact) mass is 424 g/mol. The van der Waals surface area contributed by atoms with E-state index in [1.807, 2.05) is 22.9 Å². The van der Waals surface area contributed by atoms with Crippen molar-refractivity contribution in [2.45, 2.75) is 31.9 Å². The summed E-state index contributed by atoms with van der Waals surface area (Å²) < 4.78 is 38.8. The molecule has 1 aromatic carbocycles. The van der Waals surface area contributed by atoms with E-state index in [0.717, 1.165) is 22.0 Å². The summed E-state index contributed by atoms with van der Waals surface area (Å²) >= 11 is 3.08. The number of benzene rings is 1. The fourth-order valence-electron chi connectivity index (χ4n) is 2.67. The maximum Gasteiger partial charge on any atom is 0.416 e. The molecular formula is C20H19F3N2OS2. The highest BCUT2D eigenvalue weighted by molar-refractivity contribution is 7.20. The number of halogens is 3. The van der Waals surface area contributed by atoms with Gasteiger partial charge < -0.3 is 5.32 Å². The maximum atomic E-state index is 12.9. The fourth-order valence-corrected chi connectivity index (χ4v) is 4.30. The van der Waals surface area contributed by atoms with E-state index in [-0.39, 0.29) is 18.9 Å². The van der Waals surface area contributed by atoms with Crippen molar-refractivity contribution in [2.24, 2.45) is 0 Å². The van der Waals surface area contributed by atoms with Gasteiger partial charge >= 0.3 is 6.18 Å². The molecule has 148 valence electrons. The Kier molecular flexibility index (Phi) is 5.90. The summed E-state index contributed by atoms with van der Waals surface area (Å²) in [6.07, 6.45) is -4.25. The zero-order valence-electron chi connectivity index (χ0n) is 15.3. The summed E-state index contributed by atoms with van der Waals surface area (Å²) in [4.78, 5) is 17.8. The molecule has 1 N–H and O–H groups in total. The second-order valence-corrected chi connectivity index (χ2v) is 8.84. The van der Waals surface area contributed by atoms with Gasteiger partial charge in [0.25, 0.3) is 0 Å². The second kappa shape index (κ2) is 8.05. The Balaban J connectivity index is 1.61. The van der Waals surface area contributed by atoms with E-state index in [4.69, 9.17) is 0 Å². The zero-order chi connectivity index (χ0) is 20.4. The third-order valence-corrected chi connectivity index (χ3v) is 6.25. The normalized spacial score (nSPS) is 12.2. The van der Waals surface area contributed by atoms with Crippen LogP contribution >= 0.6 is 22.7 Å². The van der Waals surface area contributed by atoms with Gasteiger partial charge in [0.15, 0.2) is 0 Å². The predicted octanol–water partition coefficient (Wildman–Crippen LogP) is 5.53. The Hall–Kier alpha value is -2.19. The van der Waals surface area contributed by atoms with Gasteiger partial charge in [-0.25, -0.2) is 4.98 Å². The molecular weight excluding hydrogens is 405 g/mol. The van der Waals surface area contributed by atoms with E-state index in [1.165, 1.54) is 17.4 Å². The molecule has 3 nitrogen and oxygen atoms in total. The van der Waals surface area contributed by atoms with Crippen molar-refractivity contribution in [2.75, 3.05) is 6.54 Å². The molecule has 0 bridgehead atoms. The number of carbonyl (C=O) groups is 1. The first-order valence-electron chi connectivity index (χ1n) is 8.58. The minimum atomic E-state index is -4.39. The minimum absolute atomic E-state index is 0.139. The minimum Gasteiger partial charge on any atom is -0.355 e. The van der Waals surface area contributed by atoms with Crippen LogP contribution in [0.25, 0.3) is 9.88 Å². The van der Waals surface area contributed by atoms with Crippen LogP contribution in [0.4, 0.5) is 13.2 Å². The zero-order valence-corrected chi connectivity index (χ0v) is 17.0. The Morgan fingerprint density at radius 1 is 1.11 bits per heavy atom. The molecule has 0 saturated heterocycles. The lowest BCUT2D eigenvalue weighted by molar-refractivity contribution is -0.137. The molecule has 8 heteroatoms. The summed E-state index contributed by atoms with van der Waals surface area (Å²) in [6, 6.07) is 9.15. The SMILES string of the molecule is CC(C)(CNC(=O)Cc1csc(-c2cccs2)n1)c1cccc(C(F)(F)F)c1. The van der Waals surface area contributed by atoms with Crippen molar-refractivity contribution in [3.05, 3.63) is 64.0 Å². The van der Waals surface area contributed by atoms with Gasteiger partial charge in [0.2, 0.25) is 5.91 Å². The van der Waals surface area contributed by atoms with Crippen molar-refractivity contribution in [3.8, 4) is 9.88 Å². The van der Waals surface area contributed by atoms with Gasteiger partial charge in [-0.3, -0.25) is 4.79 Å². The molecule has 0 atom stereocenters. The number of rotatable bonds is 6. The quantitative estimate of drug-likeness (QED) is 0.566. The van der Waals surface area contributed by atoms with Crippen LogP contribution in [0.5, 0.6) is 0 Å². The lowest BCUT2D eigenvalue weighted by atomic mass is 9.83. The number of thiazole rings is 1. The summed E-state index contributed by atoms with van der Waals surface area (Å²) in [6.45, 7) is 3.84. The lowest BCUT2D eigenvalue weighted by Crippen LogP contribution is -2.37. The third-order valence-electron chi connectivity index (χ3n) is 4.32. The van der Waals surface area contributed by atoms with E-state index in [2.05, 4.69) is 10.3 Å². The van der Waals surface area contributed by atoms with Crippen molar-refractivity contribution in [1.29, 1.82) is 0 Å². The van der Waals surface area contributed by atoms with Crippen molar-refractivity contribution < 1.29 is 18.0 Å². The molecule has 0 aliphatic heterocycles. The van der Waals surface area contributed by atoms with Crippen LogP contribution in [0.2, 0.25) is 0 Å². The van der Waals surface area contributed by atoms with Crippen LogP contribution in [0.1, 0.15) is 30.7 Å². The number of alkyl halides is 3. The van der Waals surface area contributed by atoms with Gasteiger partial charge in [-0.05, 0) is 23.1 Å².